The lowest BCUT2D eigenvalue weighted by molar-refractivity contribution is 0.555. The molecule has 0 saturated heterocycles. The van der Waals surface area contributed by atoms with E-state index in [2.05, 4.69) is 59.8 Å². The van der Waals surface area contributed by atoms with E-state index in [1.54, 1.807) is 0 Å². The second-order valence-corrected chi connectivity index (χ2v) is 5.35. The minimum absolute atomic E-state index is 0.0822. The van der Waals surface area contributed by atoms with E-state index in [4.69, 9.17) is 5.84 Å². The molecule has 1 aromatic heterocycles. The van der Waals surface area contributed by atoms with Gasteiger partial charge in [0.15, 0.2) is 0 Å². The topological polar surface area (TPSA) is 50.9 Å². The van der Waals surface area contributed by atoms with Gasteiger partial charge in [-0.3, -0.25) is 16.3 Å². The maximum atomic E-state index is 5.81. The van der Waals surface area contributed by atoms with Crippen LogP contribution in [0.5, 0.6) is 0 Å². The Morgan fingerprint density at radius 1 is 1.10 bits per heavy atom. The molecule has 0 radical (unpaired) electrons. The summed E-state index contributed by atoms with van der Waals surface area (Å²) in [5.41, 5.74) is 6.70. The first-order valence-corrected chi connectivity index (χ1v) is 7.12. The number of aromatic nitrogens is 1. The number of aryl methyl sites for hydroxylation is 1. The molecule has 0 spiro atoms. The molecule has 0 amide bonds. The van der Waals surface area contributed by atoms with Gasteiger partial charge < -0.3 is 0 Å². The molecular weight excluding hydrogens is 258 g/mol. The highest BCUT2D eigenvalue weighted by Gasteiger charge is 2.13. The van der Waals surface area contributed by atoms with Crippen LogP contribution < -0.4 is 11.3 Å². The van der Waals surface area contributed by atoms with Gasteiger partial charge in [0.25, 0.3) is 0 Å². The zero-order chi connectivity index (χ0) is 14.7. The zero-order valence-corrected chi connectivity index (χ0v) is 12.1. The zero-order valence-electron chi connectivity index (χ0n) is 12.1. The molecule has 0 aliphatic rings. The average Bonchev–Trinajstić information content (AvgIpc) is 2.54. The molecule has 0 aliphatic carbocycles. The SMILES string of the molecule is Cc1ccc(CC(NN)c2cccc3cnccc23)cc1. The molecule has 0 fully saturated rings. The van der Waals surface area contributed by atoms with Gasteiger partial charge in [0, 0.05) is 17.8 Å². The van der Waals surface area contributed by atoms with Crippen molar-refractivity contribution in [1.29, 1.82) is 0 Å². The van der Waals surface area contributed by atoms with E-state index in [-0.39, 0.29) is 6.04 Å². The molecule has 0 bridgehead atoms. The van der Waals surface area contributed by atoms with E-state index < -0.39 is 0 Å². The van der Waals surface area contributed by atoms with Crippen LogP contribution in [0.2, 0.25) is 0 Å². The van der Waals surface area contributed by atoms with Crippen molar-refractivity contribution in [3.05, 3.63) is 77.6 Å². The maximum Gasteiger partial charge on any atom is 0.0506 e. The van der Waals surface area contributed by atoms with Crippen molar-refractivity contribution >= 4 is 10.8 Å². The van der Waals surface area contributed by atoms with Crippen LogP contribution in [0.25, 0.3) is 10.8 Å². The third-order valence-corrected chi connectivity index (χ3v) is 3.85. The van der Waals surface area contributed by atoms with Gasteiger partial charge >= 0.3 is 0 Å². The summed E-state index contributed by atoms with van der Waals surface area (Å²) in [5.74, 6) is 5.81. The van der Waals surface area contributed by atoms with Crippen LogP contribution >= 0.6 is 0 Å². The third-order valence-electron chi connectivity index (χ3n) is 3.85. The molecule has 106 valence electrons. The van der Waals surface area contributed by atoms with Crippen LogP contribution in [0, 0.1) is 6.92 Å². The van der Waals surface area contributed by atoms with Crippen LogP contribution in [0.15, 0.2) is 60.9 Å². The molecule has 3 nitrogen and oxygen atoms in total. The highest BCUT2D eigenvalue weighted by Crippen LogP contribution is 2.25. The van der Waals surface area contributed by atoms with Crippen LogP contribution in [0.4, 0.5) is 0 Å². The molecule has 1 unspecified atom stereocenters. The van der Waals surface area contributed by atoms with Crippen molar-refractivity contribution in [2.75, 3.05) is 0 Å². The number of hydrogen-bond donors (Lipinski definition) is 2. The van der Waals surface area contributed by atoms with Crippen molar-refractivity contribution < 1.29 is 0 Å². The normalized spacial score (nSPS) is 12.5. The fourth-order valence-electron chi connectivity index (χ4n) is 2.67. The quantitative estimate of drug-likeness (QED) is 0.568. The van der Waals surface area contributed by atoms with E-state index in [0.717, 1.165) is 11.8 Å². The Morgan fingerprint density at radius 2 is 1.90 bits per heavy atom. The molecule has 3 aromatic rings. The smallest absolute Gasteiger partial charge is 0.0506 e. The number of hydrogen-bond acceptors (Lipinski definition) is 3. The van der Waals surface area contributed by atoms with E-state index in [9.17, 15) is 0 Å². The van der Waals surface area contributed by atoms with Gasteiger partial charge in [-0.2, -0.15) is 0 Å². The summed E-state index contributed by atoms with van der Waals surface area (Å²) < 4.78 is 0. The Kier molecular flexibility index (Phi) is 3.95. The van der Waals surface area contributed by atoms with Gasteiger partial charge in [-0.25, -0.2) is 0 Å². The molecule has 1 atom stereocenters. The Morgan fingerprint density at radius 3 is 2.67 bits per heavy atom. The van der Waals surface area contributed by atoms with Gasteiger partial charge in [0.2, 0.25) is 0 Å². The van der Waals surface area contributed by atoms with E-state index in [0.29, 0.717) is 0 Å². The van der Waals surface area contributed by atoms with E-state index in [1.807, 2.05) is 18.5 Å². The lowest BCUT2D eigenvalue weighted by Crippen LogP contribution is -2.29. The number of rotatable bonds is 4. The van der Waals surface area contributed by atoms with Crippen molar-refractivity contribution in [2.24, 2.45) is 5.84 Å². The molecule has 3 heteroatoms. The van der Waals surface area contributed by atoms with Gasteiger partial charge in [-0.15, -0.1) is 0 Å². The molecule has 1 heterocycles. The summed E-state index contributed by atoms with van der Waals surface area (Å²) in [4.78, 5) is 4.18. The number of pyridine rings is 1. The van der Waals surface area contributed by atoms with Crippen LogP contribution in [-0.4, -0.2) is 4.98 Å². The summed E-state index contributed by atoms with van der Waals surface area (Å²) in [7, 11) is 0. The third kappa shape index (κ3) is 2.94. The molecule has 3 N–H and O–H groups in total. The molecular formula is C18H19N3. The lowest BCUT2D eigenvalue weighted by atomic mass is 9.95. The predicted molar refractivity (Wildman–Crippen MR) is 86.7 cm³/mol. The number of nitrogens with zero attached hydrogens (tertiary/aromatic N) is 1. The Labute approximate surface area is 124 Å². The van der Waals surface area contributed by atoms with Crippen LogP contribution in [0.3, 0.4) is 0 Å². The second-order valence-electron chi connectivity index (χ2n) is 5.35. The minimum atomic E-state index is 0.0822. The minimum Gasteiger partial charge on any atom is -0.271 e. The Balaban J connectivity index is 1.96. The van der Waals surface area contributed by atoms with Crippen molar-refractivity contribution in [1.82, 2.24) is 10.4 Å². The largest absolute Gasteiger partial charge is 0.271 e. The maximum absolute atomic E-state index is 5.81. The first kappa shape index (κ1) is 13.7. The summed E-state index contributed by atoms with van der Waals surface area (Å²) in [6, 6.07) is 17.0. The fraction of sp³-hybridized carbons (Fsp3) is 0.167. The first-order chi connectivity index (χ1) is 10.3. The van der Waals surface area contributed by atoms with Gasteiger partial charge in [0.1, 0.15) is 0 Å². The summed E-state index contributed by atoms with van der Waals surface area (Å²) >= 11 is 0. The monoisotopic (exact) mass is 277 g/mol. The van der Waals surface area contributed by atoms with Crippen LogP contribution in [0.1, 0.15) is 22.7 Å². The molecule has 0 aliphatic heterocycles. The Hall–Kier alpha value is -2.23. The summed E-state index contributed by atoms with van der Waals surface area (Å²) in [5, 5.41) is 2.33. The molecule has 0 saturated carbocycles. The number of fused-ring (bicyclic) bond motifs is 1. The van der Waals surface area contributed by atoms with E-state index in [1.165, 1.54) is 22.1 Å². The van der Waals surface area contributed by atoms with Gasteiger partial charge in [0.05, 0.1) is 6.04 Å². The molecule has 3 rings (SSSR count). The highest BCUT2D eigenvalue weighted by molar-refractivity contribution is 5.85. The number of benzene rings is 2. The highest BCUT2D eigenvalue weighted by atomic mass is 15.2. The summed E-state index contributed by atoms with van der Waals surface area (Å²) in [6.07, 6.45) is 4.57. The molecule has 2 aromatic carbocycles. The number of nitrogens with one attached hydrogen (secondary N) is 1. The van der Waals surface area contributed by atoms with Crippen molar-refractivity contribution in [2.45, 2.75) is 19.4 Å². The van der Waals surface area contributed by atoms with E-state index >= 15 is 0 Å². The number of nitrogens with two attached hydrogens (primary N) is 1. The second kappa shape index (κ2) is 6.04. The fourth-order valence-corrected chi connectivity index (χ4v) is 2.67. The average molecular weight is 277 g/mol. The van der Waals surface area contributed by atoms with Crippen molar-refractivity contribution in [3.63, 3.8) is 0 Å². The Bertz CT molecular complexity index is 730. The number of hydrazine groups is 1. The molecule has 21 heavy (non-hydrogen) atoms. The first-order valence-electron chi connectivity index (χ1n) is 7.12. The predicted octanol–water partition coefficient (Wildman–Crippen LogP) is 3.29. The lowest BCUT2D eigenvalue weighted by Gasteiger charge is -2.18. The van der Waals surface area contributed by atoms with Crippen molar-refractivity contribution in [3.8, 4) is 0 Å². The standard InChI is InChI=1S/C18H19N3/c1-13-5-7-14(8-6-13)11-18(21-19)17-4-2-3-15-12-20-10-9-16(15)17/h2-10,12,18,21H,11,19H2,1H3. The summed E-state index contributed by atoms with van der Waals surface area (Å²) in [6.45, 7) is 2.10. The van der Waals surface area contributed by atoms with Crippen LogP contribution in [-0.2, 0) is 6.42 Å². The van der Waals surface area contributed by atoms with Gasteiger partial charge in [-0.05, 0) is 35.9 Å². The van der Waals surface area contributed by atoms with Gasteiger partial charge in [-0.1, -0.05) is 48.0 Å².